The number of rotatable bonds is 24. The maximum absolute atomic E-state index is 14.7. The molecule has 13 nitrogen and oxygen atoms in total. The summed E-state index contributed by atoms with van der Waals surface area (Å²) >= 11 is 1.64. The average Bonchev–Trinajstić information content (AvgIpc) is 3.35. The van der Waals surface area contributed by atoms with Gasteiger partial charge in [-0.1, -0.05) is 48.4 Å². The van der Waals surface area contributed by atoms with Gasteiger partial charge in [0.05, 0.1) is 29.8 Å². The number of aliphatic hydroxyl groups excluding tert-OH is 2. The van der Waals surface area contributed by atoms with Crippen LogP contribution in [0.3, 0.4) is 0 Å². The zero-order valence-corrected chi connectivity index (χ0v) is 39.2. The lowest BCUT2D eigenvalue weighted by Crippen LogP contribution is -2.70. The Hall–Kier alpha value is -6.00. The number of nitro groups is 1. The van der Waals surface area contributed by atoms with E-state index in [0.717, 1.165) is 41.7 Å². The number of carbonyl (C=O) groups is 1. The van der Waals surface area contributed by atoms with Crippen LogP contribution in [-0.4, -0.2) is 76.4 Å². The first-order valence-corrected chi connectivity index (χ1v) is 24.4. The molecule has 6 atom stereocenters. The van der Waals surface area contributed by atoms with Crippen molar-refractivity contribution in [3.8, 4) is 17.2 Å². The number of non-ortho nitro benzene ring substituents is 1. The zero-order valence-electron chi connectivity index (χ0n) is 38.4. The molecule has 68 heavy (non-hydrogen) atoms. The predicted molar refractivity (Wildman–Crippen MR) is 259 cm³/mol. The maximum Gasteiger partial charge on any atom is 0.410 e. The molecule has 360 valence electrons. The monoisotopic (exact) mass is 949 g/mol. The van der Waals surface area contributed by atoms with Gasteiger partial charge >= 0.3 is 6.09 Å². The number of unbranched alkanes of at least 4 members (excludes halogenated alkanes) is 2. The molecule has 2 aliphatic carbocycles. The summed E-state index contributed by atoms with van der Waals surface area (Å²) in [6, 6.07) is 24.7. The lowest BCUT2D eigenvalue weighted by molar-refractivity contribution is -0.384. The summed E-state index contributed by atoms with van der Waals surface area (Å²) in [5, 5.41) is 36.3. The number of amides is 1. The smallest absolute Gasteiger partial charge is 0.410 e. The molecule has 0 radical (unpaired) electrons. The molecule has 3 aliphatic rings. The summed E-state index contributed by atoms with van der Waals surface area (Å²) in [4.78, 5) is 34.5. The van der Waals surface area contributed by atoms with Crippen molar-refractivity contribution >= 4 is 29.3 Å². The van der Waals surface area contributed by atoms with Crippen LogP contribution in [-0.2, 0) is 27.5 Å². The van der Waals surface area contributed by atoms with E-state index in [0.29, 0.717) is 53.3 Å². The molecule has 4 aromatic carbocycles. The number of ether oxygens (including phenoxy) is 4. The fraction of sp³-hybridized carbons (Fsp3) is 0.396. The van der Waals surface area contributed by atoms with E-state index >= 15 is 0 Å². The van der Waals surface area contributed by atoms with Gasteiger partial charge in [-0.15, -0.1) is 24.9 Å². The molecule has 1 aliphatic heterocycles. The number of hydrogen-bond acceptors (Lipinski definition) is 12. The fourth-order valence-corrected chi connectivity index (χ4v) is 10.2. The highest BCUT2D eigenvalue weighted by atomic mass is 32.2. The highest BCUT2D eigenvalue weighted by molar-refractivity contribution is 7.98. The van der Waals surface area contributed by atoms with Crippen LogP contribution in [0.25, 0.3) is 0 Å². The highest BCUT2D eigenvalue weighted by Gasteiger charge is 2.65. The van der Waals surface area contributed by atoms with Gasteiger partial charge in [0.15, 0.2) is 0 Å². The van der Waals surface area contributed by atoms with Gasteiger partial charge in [0.1, 0.15) is 35.7 Å². The topological polar surface area (TPSA) is 162 Å². The van der Waals surface area contributed by atoms with Gasteiger partial charge < -0.3 is 34.0 Å². The molecule has 0 aromatic heterocycles. The van der Waals surface area contributed by atoms with E-state index in [1.54, 1.807) is 53.1 Å². The van der Waals surface area contributed by atoms with Crippen LogP contribution < -0.4 is 9.47 Å². The Morgan fingerprint density at radius 3 is 2.34 bits per heavy atom. The van der Waals surface area contributed by atoms with E-state index in [9.17, 15) is 29.5 Å². The van der Waals surface area contributed by atoms with E-state index < -0.39 is 34.6 Å². The Balaban J connectivity index is 1.44. The van der Waals surface area contributed by atoms with Crippen LogP contribution >= 0.6 is 11.8 Å². The van der Waals surface area contributed by atoms with E-state index in [1.165, 1.54) is 24.3 Å². The fourth-order valence-electron chi connectivity index (χ4n) is 9.79. The van der Waals surface area contributed by atoms with E-state index in [2.05, 4.69) is 19.2 Å². The summed E-state index contributed by atoms with van der Waals surface area (Å²) in [6.45, 7) is 8.00. The van der Waals surface area contributed by atoms with Crippen molar-refractivity contribution < 1.29 is 48.1 Å². The molecule has 0 saturated heterocycles. The van der Waals surface area contributed by atoms with E-state index in [4.69, 9.17) is 28.9 Å². The van der Waals surface area contributed by atoms with Crippen molar-refractivity contribution in [3.05, 3.63) is 161 Å². The molecule has 4 aromatic rings. The molecule has 1 amide bonds. The number of nitrogens with zero attached hydrogens (tertiary/aromatic N) is 3. The standard InChI is InChI=1S/C53H60FN3O10S/c1-4-6-30-63-52(60)56(34-36-13-17-39(54)18-14-36)49-33-47(55-65-35-37-15-19-40(20-16-37)57(61)62)45-31-38(11-7-9-27-58)44(12-8-10-28-59)50-46-32-42(66-41-21-24-43(68-3)25-22-41)23-26-48(46)67-53(49,51(45)50)64-29-5-2/h4-5,13-26,31-32,38,44,49-51,58-59H,1-2,6-12,27-30,33-35H2,3H3/t38-,44+,49-,50+,51+,53+/m0/s1. The summed E-state index contributed by atoms with van der Waals surface area (Å²) in [5.41, 5.74) is 3.48. The van der Waals surface area contributed by atoms with Gasteiger partial charge in [-0.25, -0.2) is 9.18 Å². The number of thioether (sulfide) groups is 1. The Morgan fingerprint density at radius 2 is 1.66 bits per heavy atom. The van der Waals surface area contributed by atoms with Crippen molar-refractivity contribution in [2.45, 2.75) is 87.2 Å². The normalized spacial score (nSPS) is 21.9. The highest BCUT2D eigenvalue weighted by Crippen LogP contribution is 2.62. The first-order valence-electron chi connectivity index (χ1n) is 23.2. The van der Waals surface area contributed by atoms with Crippen LogP contribution in [0.4, 0.5) is 14.9 Å². The first-order chi connectivity index (χ1) is 33.1. The molecule has 1 heterocycles. The van der Waals surface area contributed by atoms with Gasteiger partial charge in [0, 0.05) is 54.7 Å². The molecular formula is C53H60FN3O10S. The number of aliphatic hydroxyl groups is 2. The Morgan fingerprint density at radius 1 is 0.956 bits per heavy atom. The summed E-state index contributed by atoms with van der Waals surface area (Å²) in [6.07, 6.45) is 11.6. The third kappa shape index (κ3) is 11.6. The SMILES string of the molecule is C=CCCOC(=O)N(Cc1ccc(F)cc1)[C@H]1CC(=NOCc2ccc([N+](=O)[O-])cc2)C2=C[C@H](CCCCO)[C@@H](CCCCO)[C@@H]3c4cc(Oc5ccc(SC)cc5)ccc4O[C@@]1(OCC=C)[C@H]23. The molecule has 15 heteroatoms. The maximum atomic E-state index is 14.7. The van der Waals surface area contributed by atoms with Gasteiger partial charge in [-0.05, 0) is 134 Å². The van der Waals surface area contributed by atoms with Crippen molar-refractivity contribution in [1.29, 1.82) is 0 Å². The third-order valence-electron chi connectivity index (χ3n) is 12.9. The molecule has 0 unspecified atom stereocenters. The molecular weight excluding hydrogens is 890 g/mol. The summed E-state index contributed by atoms with van der Waals surface area (Å²) in [7, 11) is 0. The van der Waals surface area contributed by atoms with Crippen LogP contribution in [0.2, 0.25) is 0 Å². The van der Waals surface area contributed by atoms with Gasteiger partial charge in [0.25, 0.3) is 5.69 Å². The number of fused-ring (bicyclic) bond motifs is 2. The predicted octanol–water partition coefficient (Wildman–Crippen LogP) is 11.3. The van der Waals surface area contributed by atoms with Crippen molar-refractivity contribution in [2.24, 2.45) is 22.9 Å². The van der Waals surface area contributed by atoms with Crippen LogP contribution in [0.15, 0.2) is 138 Å². The van der Waals surface area contributed by atoms with Crippen molar-refractivity contribution in [2.75, 3.05) is 32.7 Å². The molecule has 2 N–H and O–H groups in total. The van der Waals surface area contributed by atoms with Crippen LogP contribution in [0, 0.1) is 33.7 Å². The van der Waals surface area contributed by atoms with Crippen LogP contribution in [0.5, 0.6) is 17.2 Å². The van der Waals surface area contributed by atoms with Crippen molar-refractivity contribution in [1.82, 2.24) is 4.90 Å². The second-order valence-corrected chi connectivity index (χ2v) is 18.1. The number of oxime groups is 1. The van der Waals surface area contributed by atoms with E-state index in [-0.39, 0.29) is 69.4 Å². The van der Waals surface area contributed by atoms with Crippen LogP contribution in [0.1, 0.15) is 74.0 Å². The summed E-state index contributed by atoms with van der Waals surface area (Å²) in [5.74, 6) is -1.25. The number of halogens is 1. The Bertz CT molecular complexity index is 2410. The lowest BCUT2D eigenvalue weighted by atomic mass is 9.55. The Labute approximate surface area is 401 Å². The second kappa shape index (κ2) is 23.8. The number of allylic oxidation sites excluding steroid dienone is 1. The summed E-state index contributed by atoms with van der Waals surface area (Å²) < 4.78 is 41.3. The number of carbonyl (C=O) groups excluding carboxylic acids is 1. The largest absolute Gasteiger partial charge is 0.459 e. The lowest BCUT2D eigenvalue weighted by Gasteiger charge is -2.59. The van der Waals surface area contributed by atoms with Gasteiger partial charge in [-0.3, -0.25) is 15.0 Å². The first kappa shape index (κ1) is 49.9. The second-order valence-electron chi connectivity index (χ2n) is 17.2. The quantitative estimate of drug-likeness (QED) is 0.0226. The molecule has 0 spiro atoms. The molecule has 7 rings (SSSR count). The van der Waals surface area contributed by atoms with E-state index in [1.807, 2.05) is 48.7 Å². The van der Waals surface area contributed by atoms with Crippen molar-refractivity contribution in [3.63, 3.8) is 0 Å². The van der Waals surface area contributed by atoms with Gasteiger partial charge in [-0.2, -0.15) is 0 Å². The average molecular weight is 950 g/mol. The molecule has 0 bridgehead atoms. The number of nitro benzene ring substituents is 1. The molecule has 1 saturated carbocycles. The minimum atomic E-state index is -1.59. The minimum Gasteiger partial charge on any atom is -0.459 e. The zero-order chi connectivity index (χ0) is 48.0. The third-order valence-corrected chi connectivity index (χ3v) is 13.7. The Kier molecular flexibility index (Phi) is 17.5. The minimum absolute atomic E-state index is 0.00377. The number of hydrogen-bond donors (Lipinski definition) is 2. The van der Waals surface area contributed by atoms with Gasteiger partial charge in [0.2, 0.25) is 5.79 Å². The molecule has 1 fully saturated rings. The number of benzene rings is 4.